The second kappa shape index (κ2) is 8.91. The molecular formula is C27H26ClN3O2. The zero-order chi connectivity index (χ0) is 22.9. The molecule has 33 heavy (non-hydrogen) atoms. The standard InChI is InChI=1S/C27H26ClN3O2/c1-18-7-5-12-25(19(18)2)33-14-13-30-24-11-4-3-10-23(24)29-27(30)20-15-26(32)31(17-20)22-9-6-8-21(28)16-22/h3-12,16,20H,13-15,17H2,1-2H3. The van der Waals surface area contributed by atoms with Crippen LogP contribution in [-0.2, 0) is 11.3 Å². The normalized spacial score (nSPS) is 16.0. The van der Waals surface area contributed by atoms with Crippen molar-refractivity contribution in [1.82, 2.24) is 9.55 Å². The Kier molecular flexibility index (Phi) is 5.81. The molecule has 1 aromatic heterocycles. The number of hydrogen-bond donors (Lipinski definition) is 0. The van der Waals surface area contributed by atoms with E-state index in [0.717, 1.165) is 33.9 Å². The van der Waals surface area contributed by atoms with E-state index in [2.05, 4.69) is 30.5 Å². The Balaban J connectivity index is 1.41. The minimum atomic E-state index is 0.00425. The van der Waals surface area contributed by atoms with Gasteiger partial charge in [-0.3, -0.25) is 4.79 Å². The maximum atomic E-state index is 12.9. The molecule has 1 aliphatic heterocycles. The summed E-state index contributed by atoms with van der Waals surface area (Å²) in [5.41, 5.74) is 5.20. The highest BCUT2D eigenvalue weighted by Gasteiger charge is 2.34. The summed E-state index contributed by atoms with van der Waals surface area (Å²) in [6.07, 6.45) is 0.424. The van der Waals surface area contributed by atoms with Gasteiger partial charge in [0.25, 0.3) is 0 Å². The molecule has 1 aliphatic rings. The summed E-state index contributed by atoms with van der Waals surface area (Å²) in [6.45, 7) is 5.94. The number of benzene rings is 3. The molecule has 0 bridgehead atoms. The molecule has 2 heterocycles. The van der Waals surface area contributed by atoms with Gasteiger partial charge in [0.05, 0.1) is 17.6 Å². The molecule has 1 unspecified atom stereocenters. The van der Waals surface area contributed by atoms with Crippen LogP contribution in [0.1, 0.15) is 29.3 Å². The van der Waals surface area contributed by atoms with Gasteiger partial charge in [-0.25, -0.2) is 4.98 Å². The zero-order valence-corrected chi connectivity index (χ0v) is 19.5. The van der Waals surface area contributed by atoms with E-state index in [4.69, 9.17) is 21.3 Å². The summed E-state index contributed by atoms with van der Waals surface area (Å²) in [6, 6.07) is 21.7. The van der Waals surface area contributed by atoms with Crippen LogP contribution in [0, 0.1) is 13.8 Å². The van der Waals surface area contributed by atoms with E-state index in [1.807, 2.05) is 59.5 Å². The van der Waals surface area contributed by atoms with Crippen LogP contribution in [0.4, 0.5) is 5.69 Å². The molecule has 4 aromatic rings. The van der Waals surface area contributed by atoms with Crippen LogP contribution >= 0.6 is 11.6 Å². The van der Waals surface area contributed by atoms with Crippen molar-refractivity contribution in [2.45, 2.75) is 32.7 Å². The summed E-state index contributed by atoms with van der Waals surface area (Å²) >= 11 is 6.16. The number of rotatable bonds is 6. The quantitative estimate of drug-likeness (QED) is 0.360. The molecule has 0 N–H and O–H groups in total. The van der Waals surface area contributed by atoms with Crippen molar-refractivity contribution in [1.29, 1.82) is 0 Å². The minimum Gasteiger partial charge on any atom is -0.491 e. The Morgan fingerprint density at radius 3 is 2.73 bits per heavy atom. The van der Waals surface area contributed by atoms with Gasteiger partial charge in [-0.2, -0.15) is 0 Å². The molecule has 1 amide bonds. The van der Waals surface area contributed by atoms with E-state index in [1.54, 1.807) is 0 Å². The van der Waals surface area contributed by atoms with Crippen LogP contribution in [-0.4, -0.2) is 28.6 Å². The highest BCUT2D eigenvalue weighted by Crippen LogP contribution is 2.34. The van der Waals surface area contributed by atoms with Crippen molar-refractivity contribution in [2.24, 2.45) is 0 Å². The third-order valence-electron chi connectivity index (χ3n) is 6.42. The smallest absolute Gasteiger partial charge is 0.227 e. The zero-order valence-electron chi connectivity index (χ0n) is 18.8. The number of aryl methyl sites for hydroxylation is 1. The number of amides is 1. The Labute approximate surface area is 198 Å². The van der Waals surface area contributed by atoms with Gasteiger partial charge in [0, 0.05) is 29.6 Å². The van der Waals surface area contributed by atoms with Gasteiger partial charge in [-0.05, 0) is 61.4 Å². The lowest BCUT2D eigenvalue weighted by atomic mass is 10.1. The van der Waals surface area contributed by atoms with E-state index in [0.29, 0.717) is 31.1 Å². The lowest BCUT2D eigenvalue weighted by molar-refractivity contribution is -0.117. The first-order valence-electron chi connectivity index (χ1n) is 11.2. The Bertz CT molecular complexity index is 1330. The first-order valence-corrected chi connectivity index (χ1v) is 11.6. The van der Waals surface area contributed by atoms with Crippen LogP contribution in [0.3, 0.4) is 0 Å². The third-order valence-corrected chi connectivity index (χ3v) is 6.66. The summed E-state index contributed by atoms with van der Waals surface area (Å²) in [5.74, 6) is 1.93. The van der Waals surface area contributed by atoms with E-state index >= 15 is 0 Å². The van der Waals surface area contributed by atoms with Crippen LogP contribution in [0.2, 0.25) is 5.02 Å². The van der Waals surface area contributed by atoms with Gasteiger partial charge in [0.15, 0.2) is 0 Å². The summed E-state index contributed by atoms with van der Waals surface area (Å²) in [4.78, 5) is 19.6. The fraction of sp³-hybridized carbons (Fsp3) is 0.259. The Morgan fingerprint density at radius 2 is 1.88 bits per heavy atom. The number of carbonyl (C=O) groups excluding carboxylic acids is 1. The van der Waals surface area contributed by atoms with Gasteiger partial charge in [0.2, 0.25) is 5.91 Å². The van der Waals surface area contributed by atoms with Crippen LogP contribution in [0.5, 0.6) is 5.75 Å². The van der Waals surface area contributed by atoms with Crippen molar-refractivity contribution in [3.63, 3.8) is 0 Å². The molecule has 0 spiro atoms. The van der Waals surface area contributed by atoms with Crippen LogP contribution < -0.4 is 9.64 Å². The predicted molar refractivity (Wildman–Crippen MR) is 132 cm³/mol. The summed E-state index contributed by atoms with van der Waals surface area (Å²) < 4.78 is 8.35. The number of imidazole rings is 1. The second-order valence-electron chi connectivity index (χ2n) is 8.54. The minimum absolute atomic E-state index is 0.00425. The van der Waals surface area contributed by atoms with Crippen molar-refractivity contribution in [3.05, 3.63) is 88.7 Å². The largest absolute Gasteiger partial charge is 0.491 e. The maximum Gasteiger partial charge on any atom is 0.227 e. The van der Waals surface area contributed by atoms with Crippen LogP contribution in [0.15, 0.2) is 66.7 Å². The number of aromatic nitrogens is 2. The van der Waals surface area contributed by atoms with E-state index in [9.17, 15) is 4.79 Å². The maximum absolute atomic E-state index is 12.9. The molecule has 1 saturated heterocycles. The van der Waals surface area contributed by atoms with E-state index < -0.39 is 0 Å². The number of hydrogen-bond acceptors (Lipinski definition) is 3. The monoisotopic (exact) mass is 459 g/mol. The number of halogens is 1. The van der Waals surface area contributed by atoms with E-state index in [1.165, 1.54) is 5.56 Å². The van der Waals surface area contributed by atoms with Crippen molar-refractivity contribution in [3.8, 4) is 5.75 Å². The van der Waals surface area contributed by atoms with Gasteiger partial charge in [-0.15, -0.1) is 0 Å². The molecule has 0 radical (unpaired) electrons. The number of carbonyl (C=O) groups is 1. The average Bonchev–Trinajstić information content (AvgIpc) is 3.37. The fourth-order valence-corrected chi connectivity index (χ4v) is 4.73. The lowest BCUT2D eigenvalue weighted by Crippen LogP contribution is -2.24. The highest BCUT2D eigenvalue weighted by atomic mass is 35.5. The number of anilines is 1. The number of nitrogens with zero attached hydrogens (tertiary/aromatic N) is 3. The molecule has 1 atom stereocenters. The number of para-hydroxylation sites is 2. The molecule has 0 saturated carbocycles. The van der Waals surface area contributed by atoms with Gasteiger partial charge in [0.1, 0.15) is 18.2 Å². The lowest BCUT2D eigenvalue weighted by Gasteiger charge is -2.18. The fourth-order valence-electron chi connectivity index (χ4n) is 4.54. The molecule has 5 rings (SSSR count). The second-order valence-corrected chi connectivity index (χ2v) is 8.98. The van der Waals surface area contributed by atoms with Crippen molar-refractivity contribution in [2.75, 3.05) is 18.1 Å². The van der Waals surface area contributed by atoms with Crippen molar-refractivity contribution < 1.29 is 9.53 Å². The summed E-state index contributed by atoms with van der Waals surface area (Å²) in [7, 11) is 0. The molecular weight excluding hydrogens is 434 g/mol. The summed E-state index contributed by atoms with van der Waals surface area (Å²) in [5, 5.41) is 0.625. The topological polar surface area (TPSA) is 47.4 Å². The Morgan fingerprint density at radius 1 is 1.06 bits per heavy atom. The van der Waals surface area contributed by atoms with E-state index in [-0.39, 0.29) is 11.8 Å². The SMILES string of the molecule is Cc1cccc(OCCn2c(C3CC(=O)N(c4cccc(Cl)c4)C3)nc3ccccc32)c1C. The molecule has 1 fully saturated rings. The van der Waals surface area contributed by atoms with Gasteiger partial charge in [-0.1, -0.05) is 41.9 Å². The molecule has 0 aliphatic carbocycles. The molecule has 5 nitrogen and oxygen atoms in total. The first kappa shape index (κ1) is 21.5. The number of ether oxygens (including phenoxy) is 1. The third kappa shape index (κ3) is 4.21. The molecule has 168 valence electrons. The predicted octanol–water partition coefficient (Wildman–Crippen LogP) is 5.91. The van der Waals surface area contributed by atoms with Gasteiger partial charge < -0.3 is 14.2 Å². The Hall–Kier alpha value is -3.31. The average molecular weight is 460 g/mol. The molecule has 6 heteroatoms. The van der Waals surface area contributed by atoms with Crippen molar-refractivity contribution >= 4 is 34.2 Å². The van der Waals surface area contributed by atoms with Crippen LogP contribution in [0.25, 0.3) is 11.0 Å². The number of fused-ring (bicyclic) bond motifs is 1. The highest BCUT2D eigenvalue weighted by molar-refractivity contribution is 6.30. The molecule has 3 aromatic carbocycles. The van der Waals surface area contributed by atoms with Gasteiger partial charge >= 0.3 is 0 Å². The first-order chi connectivity index (χ1) is 16.0.